The molecular weight excluding hydrogens is 342 g/mol. The lowest BCUT2D eigenvalue weighted by Crippen LogP contribution is -2.49. The van der Waals surface area contributed by atoms with Crippen LogP contribution >= 0.6 is 0 Å². The Balaban J connectivity index is 1.49. The highest BCUT2D eigenvalue weighted by molar-refractivity contribution is 6.08. The van der Waals surface area contributed by atoms with Gasteiger partial charge in [0.25, 0.3) is 11.8 Å². The summed E-state index contributed by atoms with van der Waals surface area (Å²) in [6, 6.07) is -0.573. The minimum Gasteiger partial charge on any atom is -0.454 e. The van der Waals surface area contributed by atoms with Crippen molar-refractivity contribution in [2.75, 3.05) is 26.2 Å². The molecule has 1 N–H and O–H groups in total. The van der Waals surface area contributed by atoms with Crippen LogP contribution in [0.2, 0.25) is 0 Å². The Morgan fingerprint density at radius 1 is 1.19 bits per heavy atom. The first-order valence-corrected chi connectivity index (χ1v) is 9.04. The van der Waals surface area contributed by atoms with Crippen LogP contribution in [0.1, 0.15) is 39.5 Å². The Morgan fingerprint density at radius 3 is 2.42 bits per heavy atom. The molecule has 4 amide bonds. The fourth-order valence-corrected chi connectivity index (χ4v) is 3.93. The van der Waals surface area contributed by atoms with E-state index in [4.69, 9.17) is 9.47 Å². The summed E-state index contributed by atoms with van der Waals surface area (Å²) in [7, 11) is 0. The van der Waals surface area contributed by atoms with Crippen molar-refractivity contribution >= 4 is 23.8 Å². The number of carbonyl (C=O) groups excluding carboxylic acids is 4. The number of amides is 4. The number of nitrogens with one attached hydrogen (secondary N) is 1. The van der Waals surface area contributed by atoms with Crippen LogP contribution in [0, 0.1) is 0 Å². The summed E-state index contributed by atoms with van der Waals surface area (Å²) in [5, 5.41) is 2.70. The second-order valence-electron chi connectivity index (χ2n) is 7.33. The highest BCUT2D eigenvalue weighted by atomic mass is 16.5. The predicted molar refractivity (Wildman–Crippen MR) is 89.0 cm³/mol. The lowest BCUT2D eigenvalue weighted by atomic mass is 9.98. The Hall–Kier alpha value is -2.16. The molecule has 0 bridgehead atoms. The molecule has 0 aromatic rings. The van der Waals surface area contributed by atoms with E-state index in [0.29, 0.717) is 25.9 Å². The van der Waals surface area contributed by atoms with E-state index in [0.717, 1.165) is 17.7 Å². The molecule has 2 heterocycles. The zero-order valence-electron chi connectivity index (χ0n) is 15.2. The molecule has 3 aliphatic rings. The van der Waals surface area contributed by atoms with Gasteiger partial charge in [-0.3, -0.25) is 19.3 Å². The molecule has 2 atom stereocenters. The monoisotopic (exact) mass is 367 g/mol. The molecule has 9 nitrogen and oxygen atoms in total. The number of esters is 1. The third kappa shape index (κ3) is 3.67. The van der Waals surface area contributed by atoms with Gasteiger partial charge in [0.2, 0.25) is 0 Å². The molecule has 2 aliphatic heterocycles. The second kappa shape index (κ2) is 7.22. The summed E-state index contributed by atoms with van der Waals surface area (Å²) < 4.78 is 10.6. The zero-order valence-corrected chi connectivity index (χ0v) is 15.2. The minimum absolute atomic E-state index is 0.0769. The average molecular weight is 367 g/mol. The molecule has 26 heavy (non-hydrogen) atoms. The number of nitrogens with zero attached hydrogens (tertiary/aromatic N) is 2. The Bertz CT molecular complexity index is 606. The molecule has 2 saturated heterocycles. The summed E-state index contributed by atoms with van der Waals surface area (Å²) in [5.74, 6) is -1.46. The molecule has 0 aromatic heterocycles. The fraction of sp³-hybridized carbons (Fsp3) is 0.765. The lowest BCUT2D eigenvalue weighted by molar-refractivity contribution is -0.158. The first-order chi connectivity index (χ1) is 12.3. The lowest BCUT2D eigenvalue weighted by Gasteiger charge is -2.35. The van der Waals surface area contributed by atoms with Crippen molar-refractivity contribution in [1.29, 1.82) is 0 Å². The van der Waals surface area contributed by atoms with Crippen LogP contribution in [0.3, 0.4) is 0 Å². The topological polar surface area (TPSA) is 105 Å². The van der Waals surface area contributed by atoms with E-state index in [1.165, 1.54) is 0 Å². The van der Waals surface area contributed by atoms with Gasteiger partial charge in [0.05, 0.1) is 12.2 Å². The summed E-state index contributed by atoms with van der Waals surface area (Å²) in [6.07, 6.45) is 2.77. The number of hydrogen-bond acceptors (Lipinski definition) is 6. The van der Waals surface area contributed by atoms with E-state index in [1.54, 1.807) is 4.90 Å². The number of rotatable bonds is 4. The first kappa shape index (κ1) is 18.6. The van der Waals surface area contributed by atoms with Crippen LogP contribution < -0.4 is 5.32 Å². The molecule has 0 aromatic carbocycles. The fourth-order valence-electron chi connectivity index (χ4n) is 3.93. The standard InChI is InChI=1S/C17H25N3O6/c1-11-7-19(8-12(2)26-11)13(21)10-25-14(22)9-20-15(23)17(18-16(20)24)5-3-4-6-17/h11-12H,3-10H2,1-2H3,(H,18,24)/t11-,12-/m0/s1. The normalized spacial score (nSPS) is 27.8. The maximum absolute atomic E-state index is 12.5. The van der Waals surface area contributed by atoms with Crippen molar-refractivity contribution in [2.24, 2.45) is 0 Å². The maximum Gasteiger partial charge on any atom is 0.326 e. The zero-order chi connectivity index (χ0) is 18.9. The van der Waals surface area contributed by atoms with Crippen LogP contribution in [0.5, 0.6) is 0 Å². The number of hydrogen-bond donors (Lipinski definition) is 1. The van der Waals surface area contributed by atoms with Gasteiger partial charge in [0, 0.05) is 13.1 Å². The van der Waals surface area contributed by atoms with Gasteiger partial charge in [-0.1, -0.05) is 12.8 Å². The van der Waals surface area contributed by atoms with Crippen LogP contribution in [0.4, 0.5) is 4.79 Å². The van der Waals surface area contributed by atoms with Crippen molar-refractivity contribution in [1.82, 2.24) is 15.1 Å². The molecule has 1 saturated carbocycles. The smallest absolute Gasteiger partial charge is 0.326 e. The quantitative estimate of drug-likeness (QED) is 0.555. The maximum atomic E-state index is 12.5. The average Bonchev–Trinajstić information content (AvgIpc) is 3.13. The molecule has 1 spiro atoms. The van der Waals surface area contributed by atoms with Crippen molar-refractivity contribution in [3.05, 3.63) is 0 Å². The largest absolute Gasteiger partial charge is 0.454 e. The highest BCUT2D eigenvalue weighted by Gasteiger charge is 2.52. The summed E-state index contributed by atoms with van der Waals surface area (Å²) in [4.78, 5) is 51.2. The Labute approximate surface area is 152 Å². The molecule has 3 fully saturated rings. The van der Waals surface area contributed by atoms with E-state index >= 15 is 0 Å². The first-order valence-electron chi connectivity index (χ1n) is 9.04. The number of urea groups is 1. The molecule has 3 rings (SSSR count). The van der Waals surface area contributed by atoms with E-state index < -0.39 is 30.7 Å². The summed E-state index contributed by atoms with van der Waals surface area (Å²) >= 11 is 0. The van der Waals surface area contributed by atoms with Gasteiger partial charge in [-0.25, -0.2) is 4.79 Å². The van der Waals surface area contributed by atoms with E-state index in [-0.39, 0.29) is 24.0 Å². The van der Waals surface area contributed by atoms with Gasteiger partial charge in [0.1, 0.15) is 12.1 Å². The SMILES string of the molecule is C[C@H]1CN(C(=O)COC(=O)CN2C(=O)NC3(CCCC3)C2=O)C[C@H](C)O1. The number of carbonyl (C=O) groups is 4. The van der Waals surface area contributed by atoms with Gasteiger partial charge in [-0.2, -0.15) is 0 Å². The number of imide groups is 1. The van der Waals surface area contributed by atoms with Crippen LogP contribution in [-0.4, -0.2) is 77.6 Å². The molecular formula is C17H25N3O6. The molecule has 0 unspecified atom stereocenters. The molecule has 144 valence electrons. The Kier molecular flexibility index (Phi) is 5.17. The van der Waals surface area contributed by atoms with Gasteiger partial charge in [-0.05, 0) is 26.7 Å². The van der Waals surface area contributed by atoms with Gasteiger partial charge >= 0.3 is 12.0 Å². The predicted octanol–water partition coefficient (Wildman–Crippen LogP) is 0.0300. The van der Waals surface area contributed by atoms with Gasteiger partial charge < -0.3 is 19.7 Å². The second-order valence-corrected chi connectivity index (χ2v) is 7.33. The van der Waals surface area contributed by atoms with Crippen LogP contribution in [-0.2, 0) is 23.9 Å². The van der Waals surface area contributed by atoms with Crippen molar-refractivity contribution in [2.45, 2.75) is 57.3 Å². The minimum atomic E-state index is -0.854. The number of ether oxygens (including phenoxy) is 2. The van der Waals surface area contributed by atoms with Crippen molar-refractivity contribution < 1.29 is 28.7 Å². The van der Waals surface area contributed by atoms with Crippen LogP contribution in [0.25, 0.3) is 0 Å². The van der Waals surface area contributed by atoms with Crippen LogP contribution in [0.15, 0.2) is 0 Å². The third-order valence-electron chi connectivity index (χ3n) is 5.12. The number of morpholine rings is 1. The van der Waals surface area contributed by atoms with Gasteiger partial charge in [0.15, 0.2) is 6.61 Å². The highest BCUT2D eigenvalue weighted by Crippen LogP contribution is 2.34. The van der Waals surface area contributed by atoms with Crippen molar-refractivity contribution in [3.8, 4) is 0 Å². The van der Waals surface area contributed by atoms with E-state index in [9.17, 15) is 19.2 Å². The molecule has 9 heteroatoms. The molecule has 1 aliphatic carbocycles. The summed E-state index contributed by atoms with van der Waals surface area (Å²) in [6.45, 7) is 3.74. The van der Waals surface area contributed by atoms with Crippen molar-refractivity contribution in [3.63, 3.8) is 0 Å². The van der Waals surface area contributed by atoms with E-state index in [2.05, 4.69) is 5.32 Å². The van der Waals surface area contributed by atoms with E-state index in [1.807, 2.05) is 13.8 Å². The molecule has 0 radical (unpaired) electrons. The third-order valence-corrected chi connectivity index (χ3v) is 5.12. The summed E-state index contributed by atoms with van der Waals surface area (Å²) in [5.41, 5.74) is -0.854. The Morgan fingerprint density at radius 2 is 1.81 bits per heavy atom. The van der Waals surface area contributed by atoms with Gasteiger partial charge in [-0.15, -0.1) is 0 Å².